The van der Waals surface area contributed by atoms with Gasteiger partial charge in [0.25, 0.3) is 0 Å². The number of hydrogen-bond acceptors (Lipinski definition) is 4. The lowest BCUT2D eigenvalue weighted by Gasteiger charge is -2.04. The van der Waals surface area contributed by atoms with E-state index in [-0.39, 0.29) is 19.2 Å². The molecule has 0 radical (unpaired) electrons. The molecule has 0 aromatic heterocycles. The summed E-state index contributed by atoms with van der Waals surface area (Å²) in [6, 6.07) is 0. The van der Waals surface area contributed by atoms with E-state index >= 15 is 0 Å². The maximum Gasteiger partial charge on any atom is 0.333 e. The maximum atomic E-state index is 11.9. The van der Waals surface area contributed by atoms with Gasteiger partial charge in [-0.25, -0.2) is 9.59 Å². The second-order valence-electron chi connectivity index (χ2n) is 6.04. The van der Waals surface area contributed by atoms with Crippen molar-refractivity contribution in [1.29, 1.82) is 0 Å². The molecule has 0 fully saturated rings. The van der Waals surface area contributed by atoms with Crippen molar-refractivity contribution >= 4 is 11.9 Å². The summed E-state index contributed by atoms with van der Waals surface area (Å²) in [6.45, 7) is 7.41. The van der Waals surface area contributed by atoms with Gasteiger partial charge in [-0.15, -0.1) is 0 Å². The summed E-state index contributed by atoms with van der Waals surface area (Å²) in [5.41, 5.74) is 3.05. The molecule has 0 aliphatic carbocycles. The second-order valence-corrected chi connectivity index (χ2v) is 6.04. The molecule has 140 valence electrons. The SMILES string of the molecule is C/C(=C\CO)CC/C=C(\C)C(=O)OC/C=C(\C)CC/C=C(\C)C(=O)O. The third kappa shape index (κ3) is 12.0. The molecule has 0 spiro atoms. The number of carboxylic acids is 1. The van der Waals surface area contributed by atoms with Crippen molar-refractivity contribution in [3.05, 3.63) is 46.6 Å². The lowest BCUT2D eigenvalue weighted by Crippen LogP contribution is -2.06. The van der Waals surface area contributed by atoms with Gasteiger partial charge in [-0.05, 0) is 59.5 Å². The van der Waals surface area contributed by atoms with E-state index in [4.69, 9.17) is 14.9 Å². The molecule has 0 bridgehead atoms. The molecule has 5 nitrogen and oxygen atoms in total. The number of carbonyl (C=O) groups is 2. The number of aliphatic hydroxyl groups is 1. The zero-order valence-electron chi connectivity index (χ0n) is 15.7. The number of aliphatic hydroxyl groups excluding tert-OH is 1. The van der Waals surface area contributed by atoms with Crippen LogP contribution in [0.15, 0.2) is 46.6 Å². The van der Waals surface area contributed by atoms with E-state index in [0.717, 1.165) is 30.4 Å². The van der Waals surface area contributed by atoms with E-state index in [2.05, 4.69) is 0 Å². The van der Waals surface area contributed by atoms with Crippen molar-refractivity contribution in [3.8, 4) is 0 Å². The Bertz CT molecular complexity index is 565. The molecular formula is C20H30O5. The molecule has 0 saturated carbocycles. The topological polar surface area (TPSA) is 83.8 Å². The number of ether oxygens (including phenoxy) is 1. The average molecular weight is 350 g/mol. The largest absolute Gasteiger partial charge is 0.478 e. The Morgan fingerprint density at radius 3 is 1.88 bits per heavy atom. The van der Waals surface area contributed by atoms with Crippen molar-refractivity contribution in [2.45, 2.75) is 53.4 Å². The summed E-state index contributed by atoms with van der Waals surface area (Å²) < 4.78 is 5.20. The molecular weight excluding hydrogens is 320 g/mol. The quantitative estimate of drug-likeness (QED) is 0.335. The number of hydrogen-bond donors (Lipinski definition) is 2. The Kier molecular flexibility index (Phi) is 12.1. The van der Waals surface area contributed by atoms with Crippen molar-refractivity contribution in [1.82, 2.24) is 0 Å². The Balaban J connectivity index is 4.20. The van der Waals surface area contributed by atoms with Gasteiger partial charge < -0.3 is 14.9 Å². The molecule has 25 heavy (non-hydrogen) atoms. The summed E-state index contributed by atoms with van der Waals surface area (Å²) in [4.78, 5) is 22.5. The summed E-state index contributed by atoms with van der Waals surface area (Å²) in [6.07, 6.45) is 10.0. The highest BCUT2D eigenvalue weighted by molar-refractivity contribution is 5.87. The standard InChI is InChI=1S/C20H30O5/c1-15(11-13-21)7-6-10-18(4)20(24)25-14-12-16(2)8-5-9-17(3)19(22)23/h9-12,21H,5-8,13-14H2,1-4H3,(H,22,23)/b15-11+,16-12+,17-9+,18-10+. The van der Waals surface area contributed by atoms with Crippen LogP contribution in [0.3, 0.4) is 0 Å². The van der Waals surface area contributed by atoms with Gasteiger partial charge in [0.05, 0.1) is 6.61 Å². The fourth-order valence-corrected chi connectivity index (χ4v) is 1.94. The highest BCUT2D eigenvalue weighted by Crippen LogP contribution is 2.09. The third-order valence-corrected chi connectivity index (χ3v) is 3.72. The van der Waals surface area contributed by atoms with E-state index in [1.807, 2.05) is 26.0 Å². The first-order chi connectivity index (χ1) is 11.8. The molecule has 0 heterocycles. The minimum Gasteiger partial charge on any atom is -0.478 e. The molecule has 0 aliphatic heterocycles. The van der Waals surface area contributed by atoms with Gasteiger partial charge in [0.15, 0.2) is 0 Å². The van der Waals surface area contributed by atoms with Crippen LogP contribution in [0.5, 0.6) is 0 Å². The molecule has 2 N–H and O–H groups in total. The monoisotopic (exact) mass is 350 g/mol. The van der Waals surface area contributed by atoms with E-state index in [1.54, 1.807) is 26.0 Å². The van der Waals surface area contributed by atoms with E-state index in [9.17, 15) is 9.59 Å². The predicted molar refractivity (Wildman–Crippen MR) is 99.2 cm³/mol. The second kappa shape index (κ2) is 13.2. The maximum absolute atomic E-state index is 11.9. The fraction of sp³-hybridized carbons (Fsp3) is 0.500. The van der Waals surface area contributed by atoms with Crippen LogP contribution in [0.25, 0.3) is 0 Å². The van der Waals surface area contributed by atoms with Crippen LogP contribution in [-0.4, -0.2) is 35.4 Å². The molecule has 0 amide bonds. The molecule has 0 saturated heterocycles. The first-order valence-electron chi connectivity index (χ1n) is 8.44. The van der Waals surface area contributed by atoms with E-state index in [0.29, 0.717) is 17.6 Å². The summed E-state index contributed by atoms with van der Waals surface area (Å²) >= 11 is 0. The minimum atomic E-state index is -0.903. The van der Waals surface area contributed by atoms with Crippen molar-refractivity contribution < 1.29 is 24.5 Å². The average Bonchev–Trinajstić information content (AvgIpc) is 2.54. The van der Waals surface area contributed by atoms with Gasteiger partial charge >= 0.3 is 11.9 Å². The van der Waals surface area contributed by atoms with Crippen LogP contribution in [-0.2, 0) is 14.3 Å². The Morgan fingerprint density at radius 2 is 1.36 bits per heavy atom. The number of rotatable bonds is 11. The van der Waals surface area contributed by atoms with E-state index < -0.39 is 5.97 Å². The zero-order chi connectivity index (χ0) is 19.2. The van der Waals surface area contributed by atoms with Crippen molar-refractivity contribution in [2.24, 2.45) is 0 Å². The minimum absolute atomic E-state index is 0.0356. The lowest BCUT2D eigenvalue weighted by molar-refractivity contribution is -0.137. The summed E-state index contributed by atoms with van der Waals surface area (Å²) in [5, 5.41) is 17.5. The smallest absolute Gasteiger partial charge is 0.333 e. The molecule has 0 aliphatic rings. The molecule has 0 aromatic carbocycles. The van der Waals surface area contributed by atoms with Gasteiger partial charge in [-0.1, -0.05) is 29.4 Å². The molecule has 0 rings (SSSR count). The third-order valence-electron chi connectivity index (χ3n) is 3.72. The Hall–Kier alpha value is -2.14. The normalized spacial score (nSPS) is 13.8. The van der Waals surface area contributed by atoms with E-state index in [1.165, 1.54) is 0 Å². The predicted octanol–water partition coefficient (Wildman–Crippen LogP) is 3.95. The van der Waals surface area contributed by atoms with Crippen LogP contribution < -0.4 is 0 Å². The lowest BCUT2D eigenvalue weighted by atomic mass is 10.1. The summed E-state index contributed by atoms with van der Waals surface area (Å²) in [7, 11) is 0. The Labute approximate surface area is 150 Å². The first-order valence-corrected chi connectivity index (χ1v) is 8.44. The highest BCUT2D eigenvalue weighted by atomic mass is 16.5. The molecule has 0 unspecified atom stereocenters. The van der Waals surface area contributed by atoms with Crippen molar-refractivity contribution in [3.63, 3.8) is 0 Å². The van der Waals surface area contributed by atoms with Crippen LogP contribution >= 0.6 is 0 Å². The van der Waals surface area contributed by atoms with Crippen LogP contribution in [0.1, 0.15) is 53.4 Å². The molecule has 0 aromatic rings. The molecule has 5 heteroatoms. The summed E-state index contributed by atoms with van der Waals surface area (Å²) in [5.74, 6) is -1.24. The zero-order valence-corrected chi connectivity index (χ0v) is 15.7. The van der Waals surface area contributed by atoms with Gasteiger partial charge in [-0.3, -0.25) is 0 Å². The molecule has 0 atom stereocenters. The fourth-order valence-electron chi connectivity index (χ4n) is 1.94. The Morgan fingerprint density at radius 1 is 0.840 bits per heavy atom. The van der Waals surface area contributed by atoms with Crippen molar-refractivity contribution in [2.75, 3.05) is 13.2 Å². The number of allylic oxidation sites excluding steroid dienone is 4. The number of carbonyl (C=O) groups excluding carboxylic acids is 1. The van der Waals surface area contributed by atoms with Gasteiger partial charge in [0, 0.05) is 11.1 Å². The highest BCUT2D eigenvalue weighted by Gasteiger charge is 2.04. The number of carboxylic acid groups (broad SMARTS) is 1. The van der Waals surface area contributed by atoms with Gasteiger partial charge in [0.1, 0.15) is 6.61 Å². The number of aliphatic carboxylic acids is 1. The number of esters is 1. The van der Waals surface area contributed by atoms with Crippen LogP contribution in [0.2, 0.25) is 0 Å². The van der Waals surface area contributed by atoms with Gasteiger partial charge in [-0.2, -0.15) is 0 Å². The first kappa shape index (κ1) is 22.9. The van der Waals surface area contributed by atoms with Crippen LogP contribution in [0, 0.1) is 0 Å². The van der Waals surface area contributed by atoms with Gasteiger partial charge in [0.2, 0.25) is 0 Å². The van der Waals surface area contributed by atoms with Crippen LogP contribution in [0.4, 0.5) is 0 Å².